The summed E-state index contributed by atoms with van der Waals surface area (Å²) in [6.45, 7) is 9.50. The van der Waals surface area contributed by atoms with Gasteiger partial charge in [0, 0.05) is 0 Å². The van der Waals surface area contributed by atoms with Crippen molar-refractivity contribution in [3.8, 4) is 0 Å². The van der Waals surface area contributed by atoms with Crippen molar-refractivity contribution in [2.24, 2.45) is 27.8 Å². The molecule has 0 aromatic heterocycles. The zero-order valence-corrected chi connectivity index (χ0v) is 10.4. The van der Waals surface area contributed by atoms with Gasteiger partial charge in [-0.3, -0.25) is 0 Å². The molecule has 2 rings (SSSR count). The van der Waals surface area contributed by atoms with Crippen LogP contribution in [0.25, 0.3) is 0 Å². The standard InChI is InChI=1S/C13H23NO/c1-12(2)5-6-13(3,4)11-8-9(14-15)7-10(11)12/h10-11,15H,5-8H2,1-4H3/b14-9-/t10-,11+/m0/s1. The highest BCUT2D eigenvalue weighted by molar-refractivity contribution is 5.86. The first kappa shape index (κ1) is 11.0. The number of hydrogen-bond acceptors (Lipinski definition) is 2. The summed E-state index contributed by atoms with van der Waals surface area (Å²) in [6.07, 6.45) is 4.63. The molecule has 15 heavy (non-hydrogen) atoms. The second kappa shape index (κ2) is 3.23. The summed E-state index contributed by atoms with van der Waals surface area (Å²) in [6, 6.07) is 0. The second-order valence-electron chi connectivity index (χ2n) is 6.76. The van der Waals surface area contributed by atoms with Crippen molar-refractivity contribution in [3.63, 3.8) is 0 Å². The lowest BCUT2D eigenvalue weighted by Gasteiger charge is -2.49. The summed E-state index contributed by atoms with van der Waals surface area (Å²) in [5, 5.41) is 12.4. The van der Waals surface area contributed by atoms with Crippen LogP contribution in [0.2, 0.25) is 0 Å². The van der Waals surface area contributed by atoms with Gasteiger partial charge in [-0.15, -0.1) is 0 Å². The Hall–Kier alpha value is -0.530. The van der Waals surface area contributed by atoms with Crippen LogP contribution in [0.4, 0.5) is 0 Å². The molecular formula is C13H23NO. The first-order chi connectivity index (χ1) is 6.87. The van der Waals surface area contributed by atoms with E-state index in [0.717, 1.165) is 18.6 Å². The summed E-state index contributed by atoms with van der Waals surface area (Å²) in [5.41, 5.74) is 1.87. The third-order valence-electron chi connectivity index (χ3n) is 4.96. The largest absolute Gasteiger partial charge is 0.411 e. The quantitative estimate of drug-likeness (QED) is 0.479. The maximum Gasteiger partial charge on any atom is 0.0577 e. The predicted octanol–water partition coefficient (Wildman–Crippen LogP) is 3.69. The molecule has 2 nitrogen and oxygen atoms in total. The highest BCUT2D eigenvalue weighted by Crippen LogP contribution is 2.58. The van der Waals surface area contributed by atoms with Gasteiger partial charge >= 0.3 is 0 Å². The van der Waals surface area contributed by atoms with Crippen LogP contribution in [0.5, 0.6) is 0 Å². The van der Waals surface area contributed by atoms with Crippen LogP contribution in [0.15, 0.2) is 5.16 Å². The third kappa shape index (κ3) is 1.68. The minimum atomic E-state index is 0.423. The molecule has 0 heterocycles. The molecule has 0 bridgehead atoms. The van der Waals surface area contributed by atoms with Crippen molar-refractivity contribution in [1.29, 1.82) is 0 Å². The van der Waals surface area contributed by atoms with Crippen molar-refractivity contribution in [2.45, 2.75) is 53.4 Å². The molecule has 1 N–H and O–H groups in total. The normalized spacial score (nSPS) is 40.4. The zero-order valence-electron chi connectivity index (χ0n) is 10.4. The highest BCUT2D eigenvalue weighted by Gasteiger charge is 2.51. The van der Waals surface area contributed by atoms with E-state index in [1.807, 2.05) is 0 Å². The summed E-state index contributed by atoms with van der Waals surface area (Å²) < 4.78 is 0. The van der Waals surface area contributed by atoms with Crippen LogP contribution in [-0.2, 0) is 0 Å². The number of hydrogen-bond donors (Lipinski definition) is 1. The minimum Gasteiger partial charge on any atom is -0.411 e. The second-order valence-corrected chi connectivity index (χ2v) is 6.76. The van der Waals surface area contributed by atoms with Gasteiger partial charge in [-0.25, -0.2) is 0 Å². The van der Waals surface area contributed by atoms with Gasteiger partial charge in [0.05, 0.1) is 5.71 Å². The van der Waals surface area contributed by atoms with Gasteiger partial charge in [0.25, 0.3) is 0 Å². The number of nitrogens with zero attached hydrogens (tertiary/aromatic N) is 1. The number of fused-ring (bicyclic) bond motifs is 1. The molecule has 2 fully saturated rings. The lowest BCUT2D eigenvalue weighted by atomic mass is 9.56. The van der Waals surface area contributed by atoms with Crippen molar-refractivity contribution < 1.29 is 5.21 Å². The van der Waals surface area contributed by atoms with Gasteiger partial charge in [-0.1, -0.05) is 32.9 Å². The van der Waals surface area contributed by atoms with Crippen LogP contribution in [0.1, 0.15) is 53.4 Å². The maximum absolute atomic E-state index is 8.94. The van der Waals surface area contributed by atoms with Crippen LogP contribution >= 0.6 is 0 Å². The van der Waals surface area contributed by atoms with Crippen molar-refractivity contribution in [3.05, 3.63) is 0 Å². The summed E-state index contributed by atoms with van der Waals surface area (Å²) >= 11 is 0. The molecule has 0 saturated heterocycles. The molecular weight excluding hydrogens is 186 g/mol. The Bertz CT molecular complexity index is 265. The first-order valence-electron chi connectivity index (χ1n) is 6.07. The fourth-order valence-electron chi connectivity index (χ4n) is 3.61. The van der Waals surface area contributed by atoms with Gasteiger partial charge in [-0.2, -0.15) is 0 Å². The van der Waals surface area contributed by atoms with E-state index in [1.54, 1.807) is 0 Å². The van der Waals surface area contributed by atoms with Crippen molar-refractivity contribution in [1.82, 2.24) is 0 Å². The predicted molar refractivity (Wildman–Crippen MR) is 62.2 cm³/mol. The van der Waals surface area contributed by atoms with E-state index in [4.69, 9.17) is 5.21 Å². The molecule has 0 aromatic rings. The smallest absolute Gasteiger partial charge is 0.0577 e. The van der Waals surface area contributed by atoms with Gasteiger partial charge in [-0.05, 0) is 48.3 Å². The van der Waals surface area contributed by atoms with Crippen molar-refractivity contribution >= 4 is 5.71 Å². The van der Waals surface area contributed by atoms with E-state index in [1.165, 1.54) is 12.8 Å². The third-order valence-corrected chi connectivity index (χ3v) is 4.96. The fraction of sp³-hybridized carbons (Fsp3) is 0.923. The first-order valence-corrected chi connectivity index (χ1v) is 6.07. The lowest BCUT2D eigenvalue weighted by Crippen LogP contribution is -2.41. The fourth-order valence-corrected chi connectivity index (χ4v) is 3.61. The maximum atomic E-state index is 8.94. The average molecular weight is 209 g/mol. The molecule has 0 aromatic carbocycles. The molecule has 2 aliphatic carbocycles. The van der Waals surface area contributed by atoms with E-state index in [2.05, 4.69) is 32.9 Å². The van der Waals surface area contributed by atoms with Crippen LogP contribution < -0.4 is 0 Å². The Morgan fingerprint density at radius 2 is 1.40 bits per heavy atom. The Labute approximate surface area is 92.8 Å². The zero-order chi connectivity index (χ0) is 11.3. The van der Waals surface area contributed by atoms with Gasteiger partial charge in [0.1, 0.15) is 0 Å². The molecule has 0 aliphatic heterocycles. The summed E-state index contributed by atoms with van der Waals surface area (Å²) in [5.74, 6) is 1.43. The Balaban J connectivity index is 2.30. The van der Waals surface area contributed by atoms with E-state index in [0.29, 0.717) is 22.7 Å². The van der Waals surface area contributed by atoms with E-state index in [-0.39, 0.29) is 0 Å². The Morgan fingerprint density at radius 3 is 1.73 bits per heavy atom. The molecule has 2 heteroatoms. The summed E-state index contributed by atoms with van der Waals surface area (Å²) in [4.78, 5) is 0. The molecule has 2 saturated carbocycles. The van der Waals surface area contributed by atoms with Gasteiger partial charge in [0.15, 0.2) is 0 Å². The highest BCUT2D eigenvalue weighted by atomic mass is 16.4. The monoisotopic (exact) mass is 209 g/mol. The Morgan fingerprint density at radius 1 is 1.00 bits per heavy atom. The molecule has 0 amide bonds. The summed E-state index contributed by atoms with van der Waals surface area (Å²) in [7, 11) is 0. The molecule has 0 radical (unpaired) electrons. The Kier molecular flexibility index (Phi) is 2.36. The lowest BCUT2D eigenvalue weighted by molar-refractivity contribution is 0.00181. The molecule has 0 unspecified atom stereocenters. The van der Waals surface area contributed by atoms with Crippen LogP contribution in [-0.4, -0.2) is 10.9 Å². The number of oxime groups is 1. The number of rotatable bonds is 0. The minimum absolute atomic E-state index is 0.423. The molecule has 86 valence electrons. The van der Waals surface area contributed by atoms with Crippen LogP contribution in [0, 0.1) is 22.7 Å². The SMILES string of the molecule is CC1(C)CCC(C)(C)[C@H]2C/C(=N/O)C[C@H]21. The van der Waals surface area contributed by atoms with Crippen molar-refractivity contribution in [2.75, 3.05) is 0 Å². The molecule has 0 spiro atoms. The van der Waals surface area contributed by atoms with Gasteiger partial charge < -0.3 is 5.21 Å². The van der Waals surface area contributed by atoms with E-state index < -0.39 is 0 Å². The average Bonchev–Trinajstić information content (AvgIpc) is 2.59. The molecule has 2 atom stereocenters. The molecule has 2 aliphatic rings. The van der Waals surface area contributed by atoms with E-state index >= 15 is 0 Å². The van der Waals surface area contributed by atoms with Gasteiger partial charge in [0.2, 0.25) is 0 Å². The van der Waals surface area contributed by atoms with E-state index in [9.17, 15) is 0 Å². The topological polar surface area (TPSA) is 32.6 Å². The van der Waals surface area contributed by atoms with Crippen LogP contribution in [0.3, 0.4) is 0 Å².